The molecule has 1 rings (SSSR count). The first-order valence-electron chi connectivity index (χ1n) is 11.6. The third-order valence-electron chi connectivity index (χ3n) is 5.49. The molecule has 1 saturated heterocycles. The summed E-state index contributed by atoms with van der Waals surface area (Å²) in [4.78, 5) is 0. The van der Waals surface area contributed by atoms with Gasteiger partial charge in [-0.15, -0.1) is 0 Å². The summed E-state index contributed by atoms with van der Waals surface area (Å²) in [5, 5.41) is 28.6. The summed E-state index contributed by atoms with van der Waals surface area (Å²) in [6.45, 7) is 2.66. The van der Waals surface area contributed by atoms with Crippen LogP contribution >= 0.6 is 0 Å². The van der Waals surface area contributed by atoms with Crippen LogP contribution in [0, 0.1) is 0 Å². The molecule has 0 unspecified atom stereocenters. The molecule has 28 heavy (non-hydrogen) atoms. The molecule has 0 spiro atoms. The van der Waals surface area contributed by atoms with Gasteiger partial charge in [-0.3, -0.25) is 0 Å². The number of ether oxygens (including phenoxy) is 2. The standard InChI is InChI=1S/C23H44O5/c1-2-3-4-5-6-7-8-9-10-11-12-13-14-15-16-17-27-21-19-28-23(22(21)26)20(25)18-24/h3-4,20-26H,2,5-19H2,1H3/b4-3+/t20-,21+,22-,23-/m1/s1. The van der Waals surface area contributed by atoms with Gasteiger partial charge in [0.05, 0.1) is 13.2 Å². The van der Waals surface area contributed by atoms with E-state index >= 15 is 0 Å². The van der Waals surface area contributed by atoms with Gasteiger partial charge in [0.15, 0.2) is 0 Å². The van der Waals surface area contributed by atoms with Gasteiger partial charge in [0.25, 0.3) is 0 Å². The fourth-order valence-electron chi connectivity index (χ4n) is 3.68. The van der Waals surface area contributed by atoms with Crippen molar-refractivity contribution in [1.29, 1.82) is 0 Å². The van der Waals surface area contributed by atoms with E-state index in [4.69, 9.17) is 14.6 Å². The summed E-state index contributed by atoms with van der Waals surface area (Å²) in [5.41, 5.74) is 0. The molecular formula is C23H44O5. The van der Waals surface area contributed by atoms with Crippen molar-refractivity contribution in [3.63, 3.8) is 0 Å². The third kappa shape index (κ3) is 11.5. The van der Waals surface area contributed by atoms with Gasteiger partial charge in [0.1, 0.15) is 24.4 Å². The molecule has 5 heteroatoms. The second-order valence-corrected chi connectivity index (χ2v) is 8.01. The summed E-state index contributed by atoms with van der Waals surface area (Å²) < 4.78 is 11.0. The van der Waals surface area contributed by atoms with Gasteiger partial charge < -0.3 is 24.8 Å². The minimum absolute atomic E-state index is 0.276. The Morgan fingerprint density at radius 1 is 0.929 bits per heavy atom. The van der Waals surface area contributed by atoms with E-state index in [1.54, 1.807) is 0 Å². The van der Waals surface area contributed by atoms with Crippen LogP contribution in [0.5, 0.6) is 0 Å². The molecular weight excluding hydrogens is 356 g/mol. The Balaban J connectivity index is 1.82. The molecule has 166 valence electrons. The molecule has 0 amide bonds. The fraction of sp³-hybridized carbons (Fsp3) is 0.913. The maximum absolute atomic E-state index is 10.1. The van der Waals surface area contributed by atoms with Gasteiger partial charge in [-0.25, -0.2) is 0 Å². The van der Waals surface area contributed by atoms with E-state index < -0.39 is 31.0 Å². The SMILES string of the molecule is CC/C=C/CCCCCCCCCCCCCO[C@H]1CO[C@H]([C@H](O)CO)[C@@H]1O. The van der Waals surface area contributed by atoms with Crippen molar-refractivity contribution in [2.45, 2.75) is 115 Å². The van der Waals surface area contributed by atoms with Crippen molar-refractivity contribution < 1.29 is 24.8 Å². The first kappa shape index (κ1) is 25.6. The number of allylic oxidation sites excluding steroid dienone is 2. The Hall–Kier alpha value is -0.460. The number of hydrogen-bond acceptors (Lipinski definition) is 5. The van der Waals surface area contributed by atoms with E-state index in [1.807, 2.05) is 0 Å². The van der Waals surface area contributed by atoms with Crippen molar-refractivity contribution in [3.05, 3.63) is 12.2 Å². The molecule has 5 nitrogen and oxygen atoms in total. The number of aliphatic hydroxyl groups excluding tert-OH is 3. The Morgan fingerprint density at radius 3 is 2.07 bits per heavy atom. The number of aliphatic hydroxyl groups is 3. The van der Waals surface area contributed by atoms with Gasteiger partial charge in [-0.05, 0) is 25.7 Å². The Kier molecular flexibility index (Phi) is 15.9. The van der Waals surface area contributed by atoms with Crippen molar-refractivity contribution >= 4 is 0 Å². The lowest BCUT2D eigenvalue weighted by Gasteiger charge is -2.20. The third-order valence-corrected chi connectivity index (χ3v) is 5.49. The van der Waals surface area contributed by atoms with Crippen LogP contribution in [0.4, 0.5) is 0 Å². The van der Waals surface area contributed by atoms with E-state index in [0.717, 1.165) is 19.3 Å². The van der Waals surface area contributed by atoms with Crippen LogP contribution in [0.2, 0.25) is 0 Å². The zero-order valence-electron chi connectivity index (χ0n) is 17.9. The minimum Gasteiger partial charge on any atom is -0.394 e. The summed E-state index contributed by atoms with van der Waals surface area (Å²) in [6.07, 6.45) is 18.1. The zero-order chi connectivity index (χ0) is 20.5. The van der Waals surface area contributed by atoms with Crippen LogP contribution in [-0.2, 0) is 9.47 Å². The topological polar surface area (TPSA) is 79.2 Å². The smallest absolute Gasteiger partial charge is 0.114 e. The van der Waals surface area contributed by atoms with Crippen LogP contribution in [-0.4, -0.2) is 59.6 Å². The molecule has 1 aliphatic heterocycles. The van der Waals surface area contributed by atoms with Crippen LogP contribution in [0.1, 0.15) is 90.4 Å². The maximum Gasteiger partial charge on any atom is 0.114 e. The Labute approximate surface area is 172 Å². The molecule has 0 aromatic carbocycles. The molecule has 0 radical (unpaired) electrons. The molecule has 0 aromatic rings. The van der Waals surface area contributed by atoms with Crippen molar-refractivity contribution in [2.24, 2.45) is 0 Å². The van der Waals surface area contributed by atoms with Crippen LogP contribution in [0.25, 0.3) is 0 Å². The molecule has 0 bridgehead atoms. The monoisotopic (exact) mass is 400 g/mol. The van der Waals surface area contributed by atoms with Gasteiger partial charge in [-0.1, -0.05) is 76.9 Å². The molecule has 3 N–H and O–H groups in total. The molecule has 1 aliphatic rings. The highest BCUT2D eigenvalue weighted by Crippen LogP contribution is 2.20. The van der Waals surface area contributed by atoms with E-state index in [1.165, 1.54) is 64.2 Å². The average Bonchev–Trinajstić information content (AvgIpc) is 3.07. The second kappa shape index (κ2) is 17.4. The summed E-state index contributed by atoms with van der Waals surface area (Å²) >= 11 is 0. The average molecular weight is 401 g/mol. The lowest BCUT2D eigenvalue weighted by Crippen LogP contribution is -2.41. The Morgan fingerprint density at radius 2 is 1.50 bits per heavy atom. The molecule has 4 atom stereocenters. The van der Waals surface area contributed by atoms with Gasteiger partial charge in [-0.2, -0.15) is 0 Å². The summed E-state index contributed by atoms with van der Waals surface area (Å²) in [5.74, 6) is 0. The molecule has 0 aromatic heterocycles. The first-order chi connectivity index (χ1) is 13.7. The van der Waals surface area contributed by atoms with E-state index in [2.05, 4.69) is 19.1 Å². The number of unbranched alkanes of at least 4 members (excludes halogenated alkanes) is 11. The normalized spacial score (nSPS) is 23.6. The maximum atomic E-state index is 10.1. The predicted molar refractivity (Wildman–Crippen MR) is 113 cm³/mol. The molecule has 1 fully saturated rings. The highest BCUT2D eigenvalue weighted by Gasteiger charge is 2.40. The van der Waals surface area contributed by atoms with Gasteiger partial charge in [0, 0.05) is 6.61 Å². The van der Waals surface area contributed by atoms with Crippen molar-refractivity contribution in [3.8, 4) is 0 Å². The summed E-state index contributed by atoms with van der Waals surface area (Å²) in [6, 6.07) is 0. The van der Waals surface area contributed by atoms with Crippen LogP contribution in [0.15, 0.2) is 12.2 Å². The van der Waals surface area contributed by atoms with Crippen molar-refractivity contribution in [2.75, 3.05) is 19.8 Å². The van der Waals surface area contributed by atoms with E-state index in [0.29, 0.717) is 6.61 Å². The van der Waals surface area contributed by atoms with Crippen LogP contribution < -0.4 is 0 Å². The number of hydrogen-bond donors (Lipinski definition) is 3. The van der Waals surface area contributed by atoms with E-state index in [-0.39, 0.29) is 6.61 Å². The summed E-state index contributed by atoms with van der Waals surface area (Å²) in [7, 11) is 0. The predicted octanol–water partition coefficient (Wildman–Crippen LogP) is 4.13. The zero-order valence-corrected chi connectivity index (χ0v) is 17.9. The number of rotatable bonds is 18. The molecule has 0 saturated carbocycles. The first-order valence-corrected chi connectivity index (χ1v) is 11.6. The Bertz CT molecular complexity index is 374. The second-order valence-electron chi connectivity index (χ2n) is 8.01. The molecule has 0 aliphatic carbocycles. The quantitative estimate of drug-likeness (QED) is 0.238. The lowest BCUT2D eigenvalue weighted by atomic mass is 10.0. The van der Waals surface area contributed by atoms with Crippen LogP contribution in [0.3, 0.4) is 0 Å². The lowest BCUT2D eigenvalue weighted by molar-refractivity contribution is -0.0730. The highest BCUT2D eigenvalue weighted by atomic mass is 16.6. The largest absolute Gasteiger partial charge is 0.394 e. The van der Waals surface area contributed by atoms with E-state index in [9.17, 15) is 10.2 Å². The minimum atomic E-state index is -1.05. The van der Waals surface area contributed by atoms with Gasteiger partial charge >= 0.3 is 0 Å². The molecule has 1 heterocycles. The van der Waals surface area contributed by atoms with Crippen molar-refractivity contribution in [1.82, 2.24) is 0 Å². The van der Waals surface area contributed by atoms with Gasteiger partial charge in [0.2, 0.25) is 0 Å². The fourth-order valence-corrected chi connectivity index (χ4v) is 3.68. The highest BCUT2D eigenvalue weighted by molar-refractivity contribution is 4.88.